The van der Waals surface area contributed by atoms with Crippen LogP contribution in [0.3, 0.4) is 0 Å². The van der Waals surface area contributed by atoms with Crippen LogP contribution in [0.1, 0.15) is 12.8 Å². The Morgan fingerprint density at radius 3 is 2.73 bits per heavy atom. The van der Waals surface area contributed by atoms with E-state index in [2.05, 4.69) is 6.58 Å². The van der Waals surface area contributed by atoms with Gasteiger partial charge in [0.1, 0.15) is 0 Å². The SMILES string of the molecule is C=CCN(C(=O)C[NH+]1CCC[C@@H](C(N)=O)C1)c1ccccc1. The highest BCUT2D eigenvalue weighted by Crippen LogP contribution is 2.13. The fraction of sp³-hybridized carbons (Fsp3) is 0.412. The van der Waals surface area contributed by atoms with Crippen LogP contribution in [0.5, 0.6) is 0 Å². The lowest BCUT2D eigenvalue weighted by Crippen LogP contribution is -3.15. The highest BCUT2D eigenvalue weighted by atomic mass is 16.2. The molecule has 118 valence electrons. The third-order valence-electron chi connectivity index (χ3n) is 4.10. The standard InChI is InChI=1S/C17H23N3O2/c1-2-10-20(15-8-4-3-5-9-15)16(21)13-19-11-6-7-14(12-19)17(18)22/h2-5,8-9,14H,1,6-7,10-13H2,(H2,18,22)/p+1/t14-/m1/s1. The molecule has 1 heterocycles. The summed E-state index contributed by atoms with van der Waals surface area (Å²) in [6, 6.07) is 9.58. The second-order valence-corrected chi connectivity index (χ2v) is 5.75. The van der Waals surface area contributed by atoms with Gasteiger partial charge in [0.2, 0.25) is 5.91 Å². The number of nitrogens with zero attached hydrogens (tertiary/aromatic N) is 1. The van der Waals surface area contributed by atoms with E-state index in [9.17, 15) is 9.59 Å². The van der Waals surface area contributed by atoms with Gasteiger partial charge in [0, 0.05) is 12.2 Å². The van der Waals surface area contributed by atoms with Crippen molar-refractivity contribution < 1.29 is 14.5 Å². The van der Waals surface area contributed by atoms with Crippen LogP contribution in [0.2, 0.25) is 0 Å². The molecule has 5 nitrogen and oxygen atoms in total. The summed E-state index contributed by atoms with van der Waals surface area (Å²) >= 11 is 0. The highest BCUT2D eigenvalue weighted by molar-refractivity contribution is 5.94. The van der Waals surface area contributed by atoms with E-state index in [1.807, 2.05) is 30.3 Å². The molecule has 1 aromatic rings. The number of primary amides is 1. The number of carbonyl (C=O) groups is 2. The summed E-state index contributed by atoms with van der Waals surface area (Å²) in [6.07, 6.45) is 3.49. The van der Waals surface area contributed by atoms with Crippen molar-refractivity contribution in [3.8, 4) is 0 Å². The van der Waals surface area contributed by atoms with Crippen molar-refractivity contribution in [1.29, 1.82) is 0 Å². The van der Waals surface area contributed by atoms with E-state index in [-0.39, 0.29) is 17.7 Å². The molecule has 1 aliphatic rings. The van der Waals surface area contributed by atoms with Crippen LogP contribution in [0.15, 0.2) is 43.0 Å². The van der Waals surface area contributed by atoms with Gasteiger partial charge in [0.05, 0.1) is 19.0 Å². The number of para-hydroxylation sites is 1. The Hall–Kier alpha value is -2.14. The Labute approximate surface area is 131 Å². The minimum absolute atomic E-state index is 0.0474. The van der Waals surface area contributed by atoms with E-state index < -0.39 is 0 Å². The summed E-state index contributed by atoms with van der Waals surface area (Å²) in [6.45, 7) is 6.15. The number of piperidine rings is 1. The van der Waals surface area contributed by atoms with Gasteiger partial charge >= 0.3 is 0 Å². The Morgan fingerprint density at radius 2 is 2.09 bits per heavy atom. The Kier molecular flexibility index (Phi) is 5.72. The van der Waals surface area contributed by atoms with Crippen molar-refractivity contribution in [2.75, 3.05) is 31.1 Å². The first kappa shape index (κ1) is 16.2. The molecule has 0 bridgehead atoms. The molecule has 0 aromatic heterocycles. The molecule has 1 aliphatic heterocycles. The first-order chi connectivity index (χ1) is 10.6. The molecular formula is C17H24N3O2+. The molecule has 0 radical (unpaired) electrons. The number of amides is 2. The van der Waals surface area contributed by atoms with E-state index in [0.717, 1.165) is 30.0 Å². The topological polar surface area (TPSA) is 67.8 Å². The number of anilines is 1. The highest BCUT2D eigenvalue weighted by Gasteiger charge is 2.29. The third kappa shape index (κ3) is 4.18. The first-order valence-electron chi connectivity index (χ1n) is 7.71. The van der Waals surface area contributed by atoms with E-state index in [0.29, 0.717) is 19.6 Å². The van der Waals surface area contributed by atoms with Crippen LogP contribution in [-0.4, -0.2) is 38.0 Å². The van der Waals surface area contributed by atoms with E-state index in [1.54, 1.807) is 11.0 Å². The molecule has 0 aliphatic carbocycles. The van der Waals surface area contributed by atoms with Crippen molar-refractivity contribution in [2.24, 2.45) is 11.7 Å². The largest absolute Gasteiger partial charge is 0.369 e. The summed E-state index contributed by atoms with van der Waals surface area (Å²) < 4.78 is 0. The summed E-state index contributed by atoms with van der Waals surface area (Å²) in [5.41, 5.74) is 6.27. The van der Waals surface area contributed by atoms with Crippen LogP contribution in [0.25, 0.3) is 0 Å². The van der Waals surface area contributed by atoms with Gasteiger partial charge in [-0.3, -0.25) is 9.59 Å². The minimum atomic E-state index is -0.254. The van der Waals surface area contributed by atoms with E-state index in [4.69, 9.17) is 5.73 Å². The fourth-order valence-corrected chi connectivity index (χ4v) is 2.95. The Morgan fingerprint density at radius 1 is 1.36 bits per heavy atom. The molecule has 2 amide bonds. The van der Waals surface area contributed by atoms with Gasteiger partial charge in [0.25, 0.3) is 5.91 Å². The van der Waals surface area contributed by atoms with Crippen LogP contribution in [0, 0.1) is 5.92 Å². The van der Waals surface area contributed by atoms with Crippen molar-refractivity contribution in [3.63, 3.8) is 0 Å². The third-order valence-corrected chi connectivity index (χ3v) is 4.10. The second-order valence-electron chi connectivity index (χ2n) is 5.75. The number of rotatable bonds is 6. The lowest BCUT2D eigenvalue weighted by Gasteiger charge is -2.30. The number of quaternary nitrogens is 1. The average molecular weight is 302 g/mol. The van der Waals surface area contributed by atoms with Crippen molar-refractivity contribution in [1.82, 2.24) is 0 Å². The van der Waals surface area contributed by atoms with Gasteiger partial charge in [-0.1, -0.05) is 24.3 Å². The number of benzene rings is 1. The maximum absolute atomic E-state index is 12.6. The average Bonchev–Trinajstić information content (AvgIpc) is 2.53. The molecule has 1 saturated heterocycles. The number of nitrogens with two attached hydrogens (primary N) is 1. The summed E-state index contributed by atoms with van der Waals surface area (Å²) in [4.78, 5) is 26.8. The number of likely N-dealkylation sites (tertiary alicyclic amines) is 1. The number of carbonyl (C=O) groups excluding carboxylic acids is 2. The van der Waals surface area contributed by atoms with Gasteiger partial charge in [-0.2, -0.15) is 0 Å². The molecule has 3 N–H and O–H groups in total. The van der Waals surface area contributed by atoms with Crippen molar-refractivity contribution in [2.45, 2.75) is 12.8 Å². The lowest BCUT2D eigenvalue weighted by atomic mass is 9.97. The predicted octanol–water partition coefficient (Wildman–Crippen LogP) is -0.0142. The van der Waals surface area contributed by atoms with Crippen molar-refractivity contribution >= 4 is 17.5 Å². The predicted molar refractivity (Wildman–Crippen MR) is 86.5 cm³/mol. The van der Waals surface area contributed by atoms with E-state index >= 15 is 0 Å². The van der Waals surface area contributed by atoms with Crippen molar-refractivity contribution in [3.05, 3.63) is 43.0 Å². The van der Waals surface area contributed by atoms with Crippen LogP contribution in [-0.2, 0) is 9.59 Å². The number of nitrogens with one attached hydrogen (secondary N) is 1. The normalized spacial score (nSPS) is 21.1. The zero-order valence-electron chi connectivity index (χ0n) is 12.8. The fourth-order valence-electron chi connectivity index (χ4n) is 2.95. The second kappa shape index (κ2) is 7.75. The van der Waals surface area contributed by atoms with Crippen LogP contribution >= 0.6 is 0 Å². The van der Waals surface area contributed by atoms with Gasteiger partial charge in [-0.05, 0) is 25.0 Å². The van der Waals surface area contributed by atoms with Crippen LogP contribution in [0.4, 0.5) is 5.69 Å². The molecule has 22 heavy (non-hydrogen) atoms. The van der Waals surface area contributed by atoms with Gasteiger partial charge in [0.15, 0.2) is 6.54 Å². The number of hydrogen-bond acceptors (Lipinski definition) is 2. The Balaban J connectivity index is 2.02. The lowest BCUT2D eigenvalue weighted by molar-refractivity contribution is -0.899. The first-order valence-corrected chi connectivity index (χ1v) is 7.71. The minimum Gasteiger partial charge on any atom is -0.369 e. The smallest absolute Gasteiger partial charge is 0.282 e. The van der Waals surface area contributed by atoms with Gasteiger partial charge in [-0.25, -0.2) is 0 Å². The van der Waals surface area contributed by atoms with E-state index in [1.165, 1.54) is 0 Å². The van der Waals surface area contributed by atoms with Gasteiger partial charge < -0.3 is 15.5 Å². The van der Waals surface area contributed by atoms with Gasteiger partial charge in [-0.15, -0.1) is 6.58 Å². The molecular weight excluding hydrogens is 278 g/mol. The molecule has 0 saturated carbocycles. The maximum Gasteiger partial charge on any atom is 0.282 e. The molecule has 2 rings (SSSR count). The zero-order chi connectivity index (χ0) is 15.9. The Bertz CT molecular complexity index is 530. The molecule has 0 spiro atoms. The molecule has 1 aromatic carbocycles. The summed E-state index contributed by atoms with van der Waals surface area (Å²) in [5.74, 6) is -0.317. The molecule has 2 atom stereocenters. The summed E-state index contributed by atoms with van der Waals surface area (Å²) in [5, 5.41) is 0. The quantitative estimate of drug-likeness (QED) is 0.726. The molecule has 1 unspecified atom stereocenters. The maximum atomic E-state index is 12.6. The molecule has 5 heteroatoms. The van der Waals surface area contributed by atoms with Crippen LogP contribution < -0.4 is 15.5 Å². The zero-order valence-corrected chi connectivity index (χ0v) is 12.8. The molecule has 1 fully saturated rings. The number of hydrogen-bond donors (Lipinski definition) is 2. The monoisotopic (exact) mass is 302 g/mol. The summed E-state index contributed by atoms with van der Waals surface area (Å²) in [7, 11) is 0.